The van der Waals surface area contributed by atoms with E-state index < -0.39 is 12.0 Å². The van der Waals surface area contributed by atoms with E-state index >= 15 is 0 Å². The van der Waals surface area contributed by atoms with Crippen molar-refractivity contribution in [1.29, 1.82) is 0 Å². The Kier molecular flexibility index (Phi) is 8.37. The molecule has 0 heterocycles. The zero-order chi connectivity index (χ0) is 14.1. The molecule has 106 valence electrons. The lowest BCUT2D eigenvalue weighted by Crippen LogP contribution is -2.44. The summed E-state index contributed by atoms with van der Waals surface area (Å²) < 4.78 is 0. The van der Waals surface area contributed by atoms with Gasteiger partial charge in [0.2, 0.25) is 5.91 Å². The molecule has 0 aliphatic heterocycles. The van der Waals surface area contributed by atoms with Crippen LogP contribution in [0.1, 0.15) is 52.9 Å². The number of hydrogen-bond acceptors (Lipinski definition) is 3. The van der Waals surface area contributed by atoms with Crippen LogP contribution in [0.5, 0.6) is 0 Å². The molecule has 0 aromatic heterocycles. The number of carboxylic acids is 1. The highest BCUT2D eigenvalue weighted by atomic mass is 16.4. The summed E-state index contributed by atoms with van der Waals surface area (Å²) in [7, 11) is 0. The van der Waals surface area contributed by atoms with Crippen LogP contribution in [0, 0.1) is 5.92 Å². The molecular weight excluding hydrogens is 232 g/mol. The van der Waals surface area contributed by atoms with Gasteiger partial charge in [-0.15, -0.1) is 0 Å². The van der Waals surface area contributed by atoms with Crippen LogP contribution in [0.3, 0.4) is 0 Å². The van der Waals surface area contributed by atoms with E-state index in [1.807, 2.05) is 13.8 Å². The third-order valence-electron chi connectivity index (χ3n) is 3.02. The van der Waals surface area contributed by atoms with E-state index in [2.05, 4.69) is 5.32 Å². The molecule has 1 amide bonds. The smallest absolute Gasteiger partial charge is 0.306 e. The molecule has 5 nitrogen and oxygen atoms in total. The number of carbonyl (C=O) groups excluding carboxylic acids is 1. The number of amides is 1. The minimum Gasteiger partial charge on any atom is -0.481 e. The molecular formula is C13H26N2O3. The fourth-order valence-electron chi connectivity index (χ4n) is 1.72. The maximum atomic E-state index is 11.6. The van der Waals surface area contributed by atoms with Crippen molar-refractivity contribution in [3.05, 3.63) is 0 Å². The number of carboxylic acid groups (broad SMARTS) is 1. The Morgan fingerprint density at radius 1 is 1.22 bits per heavy atom. The molecule has 0 aromatic rings. The van der Waals surface area contributed by atoms with Gasteiger partial charge in [0, 0.05) is 6.04 Å². The minimum absolute atomic E-state index is 0.0430. The first-order chi connectivity index (χ1) is 8.38. The van der Waals surface area contributed by atoms with E-state index in [0.29, 0.717) is 12.8 Å². The summed E-state index contributed by atoms with van der Waals surface area (Å²) in [6, 6.07) is -0.392. The van der Waals surface area contributed by atoms with Gasteiger partial charge in [-0.3, -0.25) is 9.59 Å². The lowest BCUT2D eigenvalue weighted by molar-refractivity contribution is -0.141. The Bertz CT molecular complexity index is 269. The van der Waals surface area contributed by atoms with Gasteiger partial charge in [0.1, 0.15) is 0 Å². The van der Waals surface area contributed by atoms with Crippen molar-refractivity contribution in [2.75, 3.05) is 0 Å². The Labute approximate surface area is 109 Å². The standard InChI is InChI=1S/C13H26N2O3/c1-4-6-11(14)12(16)15-10(3)8-5-7-9(2)13(17)18/h9-11H,4-8,14H2,1-3H3,(H,15,16)(H,17,18). The highest BCUT2D eigenvalue weighted by Gasteiger charge is 2.15. The SMILES string of the molecule is CCCC(N)C(=O)NC(C)CCCC(C)C(=O)O. The fraction of sp³-hybridized carbons (Fsp3) is 0.846. The van der Waals surface area contributed by atoms with E-state index in [-0.39, 0.29) is 17.9 Å². The van der Waals surface area contributed by atoms with Crippen molar-refractivity contribution in [1.82, 2.24) is 5.32 Å². The fourth-order valence-corrected chi connectivity index (χ4v) is 1.72. The first-order valence-corrected chi connectivity index (χ1v) is 6.67. The molecule has 0 spiro atoms. The summed E-state index contributed by atoms with van der Waals surface area (Å²) in [5.74, 6) is -1.21. The van der Waals surface area contributed by atoms with Gasteiger partial charge in [-0.2, -0.15) is 0 Å². The number of rotatable bonds is 9. The normalized spacial score (nSPS) is 15.8. The van der Waals surface area contributed by atoms with Crippen molar-refractivity contribution >= 4 is 11.9 Å². The molecule has 0 aliphatic rings. The molecule has 0 saturated heterocycles. The predicted molar refractivity (Wildman–Crippen MR) is 71.1 cm³/mol. The highest BCUT2D eigenvalue weighted by molar-refractivity contribution is 5.81. The van der Waals surface area contributed by atoms with Gasteiger partial charge in [-0.05, 0) is 26.2 Å². The minimum atomic E-state index is -0.767. The molecule has 18 heavy (non-hydrogen) atoms. The second-order valence-electron chi connectivity index (χ2n) is 4.97. The molecule has 3 unspecified atom stereocenters. The Hall–Kier alpha value is -1.10. The molecule has 0 saturated carbocycles. The molecule has 5 heteroatoms. The number of aliphatic carboxylic acids is 1. The summed E-state index contributed by atoms with van der Waals surface area (Å²) in [6.45, 7) is 5.61. The van der Waals surface area contributed by atoms with Crippen molar-refractivity contribution in [2.45, 2.75) is 65.0 Å². The lowest BCUT2D eigenvalue weighted by Gasteiger charge is -2.17. The summed E-state index contributed by atoms with van der Waals surface area (Å²) in [4.78, 5) is 22.2. The van der Waals surface area contributed by atoms with Crippen LogP contribution in [0.2, 0.25) is 0 Å². The largest absolute Gasteiger partial charge is 0.481 e. The Morgan fingerprint density at radius 3 is 2.33 bits per heavy atom. The molecule has 0 bridgehead atoms. The highest BCUT2D eigenvalue weighted by Crippen LogP contribution is 2.09. The predicted octanol–water partition coefficient (Wildman–Crippen LogP) is 1.51. The maximum Gasteiger partial charge on any atom is 0.306 e. The van der Waals surface area contributed by atoms with Crippen molar-refractivity contribution in [3.8, 4) is 0 Å². The van der Waals surface area contributed by atoms with Crippen molar-refractivity contribution < 1.29 is 14.7 Å². The van der Waals surface area contributed by atoms with E-state index in [1.165, 1.54) is 0 Å². The van der Waals surface area contributed by atoms with Crippen LogP contribution in [-0.2, 0) is 9.59 Å². The summed E-state index contributed by atoms with van der Waals surface area (Å²) in [6.07, 6.45) is 3.78. The number of nitrogens with two attached hydrogens (primary N) is 1. The Balaban J connectivity index is 3.80. The van der Waals surface area contributed by atoms with Crippen LogP contribution in [-0.4, -0.2) is 29.1 Å². The number of hydrogen-bond donors (Lipinski definition) is 3. The van der Waals surface area contributed by atoms with Gasteiger partial charge in [0.25, 0.3) is 0 Å². The summed E-state index contributed by atoms with van der Waals surface area (Å²) >= 11 is 0. The van der Waals surface area contributed by atoms with E-state index in [9.17, 15) is 9.59 Å². The van der Waals surface area contributed by atoms with Gasteiger partial charge in [-0.1, -0.05) is 26.7 Å². The molecule has 0 radical (unpaired) electrons. The van der Waals surface area contributed by atoms with Gasteiger partial charge in [0.05, 0.1) is 12.0 Å². The zero-order valence-electron chi connectivity index (χ0n) is 11.6. The first kappa shape index (κ1) is 16.9. The second kappa shape index (κ2) is 8.91. The third-order valence-corrected chi connectivity index (χ3v) is 3.02. The van der Waals surface area contributed by atoms with Gasteiger partial charge < -0.3 is 16.2 Å². The second-order valence-corrected chi connectivity index (χ2v) is 4.97. The van der Waals surface area contributed by atoms with Crippen molar-refractivity contribution in [3.63, 3.8) is 0 Å². The monoisotopic (exact) mass is 258 g/mol. The van der Waals surface area contributed by atoms with Crippen LogP contribution in [0.15, 0.2) is 0 Å². The van der Waals surface area contributed by atoms with Crippen LogP contribution in [0.25, 0.3) is 0 Å². The van der Waals surface area contributed by atoms with Gasteiger partial charge >= 0.3 is 5.97 Å². The molecule has 0 fully saturated rings. The molecule has 0 aromatic carbocycles. The molecule has 4 N–H and O–H groups in total. The average molecular weight is 258 g/mol. The molecule has 3 atom stereocenters. The zero-order valence-corrected chi connectivity index (χ0v) is 11.6. The maximum absolute atomic E-state index is 11.6. The van der Waals surface area contributed by atoms with E-state index in [4.69, 9.17) is 10.8 Å². The first-order valence-electron chi connectivity index (χ1n) is 6.67. The van der Waals surface area contributed by atoms with Gasteiger partial charge in [0.15, 0.2) is 0 Å². The number of nitrogens with one attached hydrogen (secondary N) is 1. The topological polar surface area (TPSA) is 92.4 Å². The van der Waals surface area contributed by atoms with Gasteiger partial charge in [-0.25, -0.2) is 0 Å². The van der Waals surface area contributed by atoms with Crippen LogP contribution >= 0.6 is 0 Å². The van der Waals surface area contributed by atoms with Crippen molar-refractivity contribution in [2.24, 2.45) is 11.7 Å². The summed E-state index contributed by atoms with van der Waals surface area (Å²) in [5.41, 5.74) is 5.70. The quantitative estimate of drug-likeness (QED) is 0.584. The average Bonchev–Trinajstić information content (AvgIpc) is 2.28. The Morgan fingerprint density at radius 2 is 1.83 bits per heavy atom. The van der Waals surface area contributed by atoms with E-state index in [1.54, 1.807) is 6.92 Å². The molecule has 0 rings (SSSR count). The van der Waals surface area contributed by atoms with Crippen LogP contribution < -0.4 is 11.1 Å². The van der Waals surface area contributed by atoms with Crippen LogP contribution in [0.4, 0.5) is 0 Å². The summed E-state index contributed by atoms with van der Waals surface area (Å²) in [5, 5.41) is 11.6. The molecule has 0 aliphatic carbocycles. The van der Waals surface area contributed by atoms with E-state index in [0.717, 1.165) is 19.3 Å². The number of carbonyl (C=O) groups is 2. The third kappa shape index (κ3) is 7.27. The lowest BCUT2D eigenvalue weighted by atomic mass is 10.0.